The van der Waals surface area contributed by atoms with Gasteiger partial charge >= 0.3 is 5.97 Å². The van der Waals surface area contributed by atoms with E-state index in [0.717, 1.165) is 24.8 Å². The average molecular weight is 471 g/mol. The van der Waals surface area contributed by atoms with Crippen molar-refractivity contribution in [2.75, 3.05) is 0 Å². The monoisotopic (exact) mass is 470 g/mol. The SMILES string of the molecule is CC1=C(C)C(=O)OC([C@@H](C)[C@@]2(O)CCC3C4C(CCC32C)C2(C)C(=O)C=CC[C@]2(O)[C@H]2O[C@@H]42)C1. The van der Waals surface area contributed by atoms with Gasteiger partial charge in [0.1, 0.15) is 17.8 Å². The maximum atomic E-state index is 13.3. The predicted octanol–water partition coefficient (Wildman–Crippen LogP) is 3.50. The van der Waals surface area contributed by atoms with Crippen molar-refractivity contribution in [3.05, 3.63) is 23.3 Å². The minimum atomic E-state index is -1.14. The summed E-state index contributed by atoms with van der Waals surface area (Å²) in [6.07, 6.45) is 6.96. The third kappa shape index (κ3) is 2.48. The Morgan fingerprint density at radius 3 is 2.50 bits per heavy atom. The number of hydrogen-bond donors (Lipinski definition) is 2. The van der Waals surface area contributed by atoms with Gasteiger partial charge in [0.2, 0.25) is 0 Å². The van der Waals surface area contributed by atoms with Crippen LogP contribution in [0.4, 0.5) is 0 Å². The zero-order chi connectivity index (χ0) is 24.4. The molecule has 2 aliphatic heterocycles. The van der Waals surface area contributed by atoms with Gasteiger partial charge in [-0.2, -0.15) is 0 Å². The van der Waals surface area contributed by atoms with Crippen LogP contribution in [0.3, 0.4) is 0 Å². The second-order valence-electron chi connectivity index (χ2n) is 12.7. The van der Waals surface area contributed by atoms with Crippen LogP contribution in [-0.2, 0) is 19.1 Å². The van der Waals surface area contributed by atoms with Crippen LogP contribution in [0, 0.1) is 34.5 Å². The Hall–Kier alpha value is -1.50. The van der Waals surface area contributed by atoms with Crippen molar-refractivity contribution in [3.63, 3.8) is 0 Å². The molecular weight excluding hydrogens is 432 g/mol. The number of carbonyl (C=O) groups excluding carboxylic acids is 2. The first-order chi connectivity index (χ1) is 15.9. The van der Waals surface area contributed by atoms with Crippen molar-refractivity contribution < 1.29 is 29.3 Å². The Balaban J connectivity index is 1.34. The number of esters is 1. The highest BCUT2D eigenvalue weighted by Crippen LogP contribution is 2.72. The van der Waals surface area contributed by atoms with E-state index in [9.17, 15) is 19.8 Å². The van der Waals surface area contributed by atoms with E-state index in [4.69, 9.17) is 9.47 Å². The highest BCUT2D eigenvalue weighted by atomic mass is 16.6. The molecule has 4 aliphatic carbocycles. The molecular formula is C28H38O6. The van der Waals surface area contributed by atoms with E-state index in [1.54, 1.807) is 19.1 Å². The number of epoxide rings is 1. The summed E-state index contributed by atoms with van der Waals surface area (Å²) >= 11 is 0. The molecule has 0 spiro atoms. The number of ether oxygens (including phenoxy) is 2. The molecule has 0 aromatic rings. The number of allylic oxidation sites excluding steroid dienone is 1. The summed E-state index contributed by atoms with van der Waals surface area (Å²) < 4.78 is 12.0. The summed E-state index contributed by atoms with van der Waals surface area (Å²) in [6.45, 7) is 9.99. The lowest BCUT2D eigenvalue weighted by Crippen LogP contribution is -2.68. The van der Waals surface area contributed by atoms with Crippen molar-refractivity contribution in [2.45, 2.75) is 103 Å². The second kappa shape index (κ2) is 6.83. The molecule has 0 bridgehead atoms. The number of carbonyl (C=O) groups is 2. The molecule has 6 nitrogen and oxygen atoms in total. The second-order valence-corrected chi connectivity index (χ2v) is 12.7. The van der Waals surface area contributed by atoms with Crippen molar-refractivity contribution in [1.82, 2.24) is 0 Å². The summed E-state index contributed by atoms with van der Waals surface area (Å²) in [5.74, 6) is -0.0746. The van der Waals surface area contributed by atoms with Gasteiger partial charge in [0.05, 0.1) is 17.1 Å². The maximum absolute atomic E-state index is 13.3. The summed E-state index contributed by atoms with van der Waals surface area (Å²) in [5.41, 5.74) is -1.60. The minimum Gasteiger partial charge on any atom is -0.458 e. The molecule has 11 atom stereocenters. The summed E-state index contributed by atoms with van der Waals surface area (Å²) in [4.78, 5) is 25.7. The molecule has 4 fully saturated rings. The van der Waals surface area contributed by atoms with Crippen LogP contribution in [-0.4, -0.2) is 51.5 Å². The van der Waals surface area contributed by atoms with Gasteiger partial charge in [-0.3, -0.25) is 4.79 Å². The number of cyclic esters (lactones) is 1. The van der Waals surface area contributed by atoms with E-state index in [0.29, 0.717) is 24.8 Å². The van der Waals surface area contributed by atoms with Crippen LogP contribution >= 0.6 is 0 Å². The van der Waals surface area contributed by atoms with Crippen LogP contribution in [0.15, 0.2) is 23.3 Å². The molecule has 2 N–H and O–H groups in total. The van der Waals surface area contributed by atoms with Gasteiger partial charge in [0.25, 0.3) is 0 Å². The van der Waals surface area contributed by atoms with Crippen molar-refractivity contribution >= 4 is 11.8 Å². The fourth-order valence-electron chi connectivity index (χ4n) is 9.27. The highest BCUT2D eigenvalue weighted by Gasteiger charge is 2.78. The molecule has 0 amide bonds. The topological polar surface area (TPSA) is 96.4 Å². The molecule has 34 heavy (non-hydrogen) atoms. The smallest absolute Gasteiger partial charge is 0.333 e. The van der Waals surface area contributed by atoms with E-state index < -0.39 is 16.6 Å². The van der Waals surface area contributed by atoms with E-state index in [-0.39, 0.29) is 59.2 Å². The highest BCUT2D eigenvalue weighted by molar-refractivity contribution is 5.97. The molecule has 186 valence electrons. The zero-order valence-electron chi connectivity index (χ0n) is 21.0. The van der Waals surface area contributed by atoms with Crippen LogP contribution in [0.1, 0.15) is 73.1 Å². The predicted molar refractivity (Wildman–Crippen MR) is 125 cm³/mol. The fraction of sp³-hybridized carbons (Fsp3) is 0.786. The molecule has 2 heterocycles. The van der Waals surface area contributed by atoms with Gasteiger partial charge < -0.3 is 19.7 Å². The average Bonchev–Trinajstić information content (AvgIpc) is 3.55. The van der Waals surface area contributed by atoms with Gasteiger partial charge in [0.15, 0.2) is 5.78 Å². The first-order valence-corrected chi connectivity index (χ1v) is 13.1. The number of hydrogen-bond acceptors (Lipinski definition) is 6. The van der Waals surface area contributed by atoms with E-state index in [2.05, 4.69) is 6.92 Å². The Bertz CT molecular complexity index is 1030. The van der Waals surface area contributed by atoms with Gasteiger partial charge in [-0.25, -0.2) is 4.79 Å². The quantitative estimate of drug-likeness (QED) is 0.474. The molecule has 0 radical (unpaired) electrons. The molecule has 6 rings (SSSR count). The molecule has 6 unspecified atom stereocenters. The van der Waals surface area contributed by atoms with Gasteiger partial charge in [-0.15, -0.1) is 0 Å². The van der Waals surface area contributed by atoms with E-state index in [1.165, 1.54) is 0 Å². The van der Waals surface area contributed by atoms with Crippen LogP contribution in [0.5, 0.6) is 0 Å². The third-order valence-electron chi connectivity index (χ3n) is 11.8. The normalized spacial score (nSPS) is 54.6. The van der Waals surface area contributed by atoms with Crippen molar-refractivity contribution in [3.8, 4) is 0 Å². The molecule has 0 aromatic heterocycles. The number of aliphatic hydroxyl groups is 2. The van der Waals surface area contributed by atoms with E-state index >= 15 is 0 Å². The minimum absolute atomic E-state index is 0.0159. The Kier molecular flexibility index (Phi) is 4.61. The molecule has 1 saturated heterocycles. The largest absolute Gasteiger partial charge is 0.458 e. The van der Waals surface area contributed by atoms with Crippen LogP contribution in [0.25, 0.3) is 0 Å². The lowest BCUT2D eigenvalue weighted by atomic mass is 9.43. The zero-order valence-corrected chi connectivity index (χ0v) is 21.0. The number of rotatable bonds is 2. The lowest BCUT2D eigenvalue weighted by molar-refractivity contribution is -0.202. The maximum Gasteiger partial charge on any atom is 0.333 e. The molecule has 3 saturated carbocycles. The number of fused-ring (bicyclic) bond motifs is 8. The molecule has 0 aromatic carbocycles. The Morgan fingerprint density at radius 1 is 1.09 bits per heavy atom. The first-order valence-electron chi connectivity index (χ1n) is 13.1. The lowest BCUT2D eigenvalue weighted by Gasteiger charge is -2.61. The van der Waals surface area contributed by atoms with Crippen molar-refractivity contribution in [1.29, 1.82) is 0 Å². The van der Waals surface area contributed by atoms with Gasteiger partial charge in [-0.1, -0.05) is 25.5 Å². The Labute approximate surface area is 201 Å². The van der Waals surface area contributed by atoms with E-state index in [1.807, 2.05) is 20.8 Å². The summed E-state index contributed by atoms with van der Waals surface area (Å²) in [6, 6.07) is 0. The van der Waals surface area contributed by atoms with Gasteiger partial charge in [0, 0.05) is 17.9 Å². The Morgan fingerprint density at radius 2 is 1.79 bits per heavy atom. The summed E-state index contributed by atoms with van der Waals surface area (Å²) in [5, 5.41) is 24.0. The molecule has 6 heteroatoms. The standard InChI is InChI=1S/C28H38O6/c1-14-13-19(33-24(30)15(14)2)16(3)27(31)12-9-17-21-18(8-11-25(17,27)4)26(5)20(29)7-6-10-28(26,32)23-22(21)34-23/h6-7,16-19,21-23,31-32H,8-13H2,1-5H3/t16-,17?,18?,19?,21?,22+,23+,25?,26?,27+,28+/m1/s1. The fourth-order valence-corrected chi connectivity index (χ4v) is 9.27. The third-order valence-corrected chi connectivity index (χ3v) is 11.8. The number of ketones is 1. The summed E-state index contributed by atoms with van der Waals surface area (Å²) in [7, 11) is 0. The first kappa shape index (κ1) is 22.9. The van der Waals surface area contributed by atoms with Crippen molar-refractivity contribution in [2.24, 2.45) is 34.5 Å². The van der Waals surface area contributed by atoms with Crippen LogP contribution in [0.2, 0.25) is 0 Å². The van der Waals surface area contributed by atoms with Gasteiger partial charge in [-0.05, 0) is 82.1 Å². The van der Waals surface area contributed by atoms with Crippen LogP contribution < -0.4 is 0 Å². The molecule has 6 aliphatic rings.